The number of Topliss-reactive ketones (excluding diaryl/α,β-unsaturated/α-hetero) is 1. The molecule has 21 heavy (non-hydrogen) atoms. The molecule has 0 saturated heterocycles. The number of hydrogen-bond acceptors (Lipinski definition) is 3. The standard InChI is InChI=1S/C17H13N2O2/c18-17(11-20,12-6-2-1-3-7-12)16(21)14-10-19-15-9-5-4-8-13(14)15/h1-10,19H,18H2. The van der Waals surface area contributed by atoms with Gasteiger partial charge >= 0.3 is 0 Å². The molecule has 1 atom stereocenters. The number of nitrogens with two attached hydrogens (primary N) is 1. The SMILES string of the molecule is NC([C]=O)(C(=O)c1c[nH]c2ccccc12)c1ccccc1. The Kier molecular flexibility index (Phi) is 3.16. The van der Waals surface area contributed by atoms with E-state index in [2.05, 4.69) is 4.98 Å². The highest BCUT2D eigenvalue weighted by molar-refractivity contribution is 6.18. The van der Waals surface area contributed by atoms with Gasteiger partial charge in [0.25, 0.3) is 0 Å². The van der Waals surface area contributed by atoms with E-state index in [9.17, 15) is 9.59 Å². The van der Waals surface area contributed by atoms with Crippen LogP contribution in [0.1, 0.15) is 15.9 Å². The molecule has 0 bridgehead atoms. The van der Waals surface area contributed by atoms with Crippen LogP contribution < -0.4 is 5.73 Å². The van der Waals surface area contributed by atoms with Crippen LogP contribution in [0.15, 0.2) is 60.8 Å². The van der Waals surface area contributed by atoms with Crippen LogP contribution in [0, 0.1) is 0 Å². The van der Waals surface area contributed by atoms with Crippen LogP contribution in [-0.4, -0.2) is 17.1 Å². The lowest BCUT2D eigenvalue weighted by Crippen LogP contribution is -2.46. The van der Waals surface area contributed by atoms with Crippen LogP contribution in [0.3, 0.4) is 0 Å². The fourth-order valence-corrected chi connectivity index (χ4v) is 2.41. The predicted octanol–water partition coefficient (Wildman–Crippen LogP) is 2.31. The molecule has 0 spiro atoms. The molecule has 0 aliphatic rings. The second kappa shape index (κ2) is 5.00. The van der Waals surface area contributed by atoms with Gasteiger partial charge in [-0.25, -0.2) is 0 Å². The van der Waals surface area contributed by atoms with Crippen molar-refractivity contribution in [2.45, 2.75) is 5.54 Å². The van der Waals surface area contributed by atoms with E-state index in [1.165, 1.54) is 0 Å². The van der Waals surface area contributed by atoms with Gasteiger partial charge in [0.05, 0.1) is 0 Å². The second-order valence-electron chi connectivity index (χ2n) is 4.85. The molecule has 1 aromatic heterocycles. The Hall–Kier alpha value is -2.72. The summed E-state index contributed by atoms with van der Waals surface area (Å²) in [5.74, 6) is -0.471. The summed E-state index contributed by atoms with van der Waals surface area (Å²) in [5, 5.41) is 0.739. The van der Waals surface area contributed by atoms with Crippen molar-refractivity contribution >= 4 is 23.0 Å². The number of para-hydroxylation sites is 1. The maximum Gasteiger partial charge on any atom is 0.233 e. The fourth-order valence-electron chi connectivity index (χ4n) is 2.41. The van der Waals surface area contributed by atoms with Gasteiger partial charge in [-0.2, -0.15) is 0 Å². The Morgan fingerprint density at radius 3 is 2.43 bits per heavy atom. The number of rotatable bonds is 4. The lowest BCUT2D eigenvalue weighted by atomic mass is 9.84. The molecule has 4 nitrogen and oxygen atoms in total. The Bertz CT molecular complexity index is 808. The van der Waals surface area contributed by atoms with E-state index >= 15 is 0 Å². The first-order valence-corrected chi connectivity index (χ1v) is 6.51. The number of carbonyl (C=O) groups is 1. The number of ketones is 1. The van der Waals surface area contributed by atoms with Crippen LogP contribution in [0.25, 0.3) is 10.9 Å². The minimum absolute atomic E-state index is 0.389. The zero-order chi connectivity index (χ0) is 14.9. The zero-order valence-electron chi connectivity index (χ0n) is 11.2. The Balaban J connectivity index is 2.14. The van der Waals surface area contributed by atoms with Gasteiger partial charge in [-0.05, 0) is 11.6 Å². The Morgan fingerprint density at radius 2 is 1.71 bits per heavy atom. The zero-order valence-corrected chi connectivity index (χ0v) is 11.2. The normalized spacial score (nSPS) is 13.8. The summed E-state index contributed by atoms with van der Waals surface area (Å²) in [7, 11) is 0. The minimum atomic E-state index is -1.80. The van der Waals surface area contributed by atoms with Crippen LogP contribution in [-0.2, 0) is 10.3 Å². The van der Waals surface area contributed by atoms with Crippen molar-refractivity contribution in [2.24, 2.45) is 5.73 Å². The number of aromatic nitrogens is 1. The third-order valence-corrected chi connectivity index (χ3v) is 3.58. The largest absolute Gasteiger partial charge is 0.360 e. The molecule has 0 aliphatic carbocycles. The molecule has 1 heterocycles. The average molecular weight is 277 g/mol. The Labute approximate surface area is 121 Å². The lowest BCUT2D eigenvalue weighted by molar-refractivity contribution is 0.0931. The highest BCUT2D eigenvalue weighted by Crippen LogP contribution is 2.26. The maximum absolute atomic E-state index is 12.8. The molecule has 3 rings (SSSR count). The van der Waals surface area contributed by atoms with Gasteiger partial charge in [-0.15, -0.1) is 0 Å². The number of fused-ring (bicyclic) bond motifs is 1. The fraction of sp³-hybridized carbons (Fsp3) is 0.0588. The molecule has 3 aromatic rings. The summed E-state index contributed by atoms with van der Waals surface area (Å²) in [6.45, 7) is 0. The first-order valence-electron chi connectivity index (χ1n) is 6.51. The smallest absolute Gasteiger partial charge is 0.233 e. The van der Waals surface area contributed by atoms with Crippen molar-refractivity contribution in [3.05, 3.63) is 71.9 Å². The van der Waals surface area contributed by atoms with Gasteiger partial charge in [0.1, 0.15) is 0 Å². The topological polar surface area (TPSA) is 76.0 Å². The molecule has 0 amide bonds. The predicted molar refractivity (Wildman–Crippen MR) is 80.6 cm³/mol. The van der Waals surface area contributed by atoms with E-state index in [0.29, 0.717) is 11.1 Å². The van der Waals surface area contributed by atoms with Gasteiger partial charge in [0.2, 0.25) is 6.29 Å². The quantitative estimate of drug-likeness (QED) is 0.567. The summed E-state index contributed by atoms with van der Waals surface area (Å²) in [5.41, 5.74) is 5.89. The van der Waals surface area contributed by atoms with Crippen molar-refractivity contribution in [1.29, 1.82) is 0 Å². The van der Waals surface area contributed by atoms with E-state index in [4.69, 9.17) is 5.73 Å². The number of hydrogen-bond donors (Lipinski definition) is 2. The summed E-state index contributed by atoms with van der Waals surface area (Å²) >= 11 is 0. The lowest BCUT2D eigenvalue weighted by Gasteiger charge is -2.20. The van der Waals surface area contributed by atoms with E-state index in [1.54, 1.807) is 42.8 Å². The van der Waals surface area contributed by atoms with Gasteiger partial charge in [0.15, 0.2) is 11.3 Å². The second-order valence-corrected chi connectivity index (χ2v) is 4.85. The summed E-state index contributed by atoms with van der Waals surface area (Å²) in [6, 6.07) is 15.9. The molecule has 0 aliphatic heterocycles. The molecule has 1 unspecified atom stereocenters. The Morgan fingerprint density at radius 1 is 1.05 bits per heavy atom. The highest BCUT2D eigenvalue weighted by Gasteiger charge is 2.38. The third-order valence-electron chi connectivity index (χ3n) is 3.58. The number of carbonyl (C=O) groups excluding carboxylic acids is 2. The first-order chi connectivity index (χ1) is 10.2. The van der Waals surface area contributed by atoms with Crippen LogP contribution in [0.2, 0.25) is 0 Å². The summed E-state index contributed by atoms with van der Waals surface area (Å²) in [4.78, 5) is 27.2. The van der Waals surface area contributed by atoms with Gasteiger partial charge in [0, 0.05) is 22.7 Å². The average Bonchev–Trinajstić information content (AvgIpc) is 2.98. The molecular formula is C17H13N2O2. The van der Waals surface area contributed by atoms with E-state index in [1.807, 2.05) is 24.3 Å². The summed E-state index contributed by atoms with van der Waals surface area (Å²) < 4.78 is 0. The molecule has 0 saturated carbocycles. The van der Waals surface area contributed by atoms with E-state index in [0.717, 1.165) is 10.9 Å². The molecule has 0 fully saturated rings. The van der Waals surface area contributed by atoms with Crippen molar-refractivity contribution in [3.63, 3.8) is 0 Å². The summed E-state index contributed by atoms with van der Waals surface area (Å²) in [6.07, 6.45) is 3.29. The first kappa shape index (κ1) is 13.3. The molecule has 3 N–H and O–H groups in total. The van der Waals surface area contributed by atoms with Crippen molar-refractivity contribution in [2.75, 3.05) is 0 Å². The number of nitrogens with one attached hydrogen (secondary N) is 1. The maximum atomic E-state index is 12.8. The van der Waals surface area contributed by atoms with E-state index in [-0.39, 0.29) is 0 Å². The monoisotopic (exact) mass is 277 g/mol. The van der Waals surface area contributed by atoms with Gasteiger partial charge in [-0.3, -0.25) is 9.59 Å². The molecule has 1 radical (unpaired) electrons. The number of H-pyrrole nitrogens is 1. The molecule has 103 valence electrons. The van der Waals surface area contributed by atoms with Gasteiger partial charge in [-0.1, -0.05) is 48.5 Å². The van der Waals surface area contributed by atoms with Crippen LogP contribution >= 0.6 is 0 Å². The van der Waals surface area contributed by atoms with Crippen molar-refractivity contribution in [1.82, 2.24) is 4.98 Å². The minimum Gasteiger partial charge on any atom is -0.360 e. The van der Waals surface area contributed by atoms with Crippen LogP contribution in [0.4, 0.5) is 0 Å². The number of benzene rings is 2. The van der Waals surface area contributed by atoms with Gasteiger partial charge < -0.3 is 10.7 Å². The molecular weight excluding hydrogens is 264 g/mol. The van der Waals surface area contributed by atoms with Crippen molar-refractivity contribution < 1.29 is 9.59 Å². The molecule has 2 aromatic carbocycles. The third kappa shape index (κ3) is 2.06. The van der Waals surface area contributed by atoms with Crippen molar-refractivity contribution in [3.8, 4) is 0 Å². The van der Waals surface area contributed by atoms with E-state index < -0.39 is 11.3 Å². The van der Waals surface area contributed by atoms with Crippen LogP contribution in [0.5, 0.6) is 0 Å². The number of aromatic amines is 1. The molecule has 4 heteroatoms. The highest BCUT2D eigenvalue weighted by atomic mass is 16.1.